The van der Waals surface area contributed by atoms with Gasteiger partial charge in [0, 0.05) is 25.5 Å². The summed E-state index contributed by atoms with van der Waals surface area (Å²) in [5, 5.41) is 8.29. The summed E-state index contributed by atoms with van der Waals surface area (Å²) in [6.07, 6.45) is 9.94. The summed E-state index contributed by atoms with van der Waals surface area (Å²) in [6.45, 7) is 3.99. The van der Waals surface area contributed by atoms with E-state index in [9.17, 15) is 9.59 Å². The minimum Gasteiger partial charge on any atom is -0.379 e. The van der Waals surface area contributed by atoms with Gasteiger partial charge in [0.2, 0.25) is 5.82 Å². The SMILES string of the molecule is CCCn1ncc2cnc(C(=O)NC3(c4ccc(-c5cncn(C6CCOC6)c5=O)cc4)CC3)nc21. The summed E-state index contributed by atoms with van der Waals surface area (Å²) in [5.41, 5.74) is 2.48. The number of hydrogen-bond donors (Lipinski definition) is 1. The molecule has 1 atom stereocenters. The molecule has 1 aliphatic carbocycles. The second-order valence-electron chi connectivity index (χ2n) is 9.49. The van der Waals surface area contributed by atoms with Crippen LogP contribution in [0, 0.1) is 0 Å². The van der Waals surface area contributed by atoms with Crippen LogP contribution in [0.1, 0.15) is 54.8 Å². The number of aryl methyl sites for hydroxylation is 1. The third kappa shape index (κ3) is 3.97. The molecule has 1 unspecified atom stereocenters. The Labute approximate surface area is 207 Å². The van der Waals surface area contributed by atoms with Crippen LogP contribution in [0.25, 0.3) is 22.2 Å². The first-order chi connectivity index (χ1) is 17.6. The Hall–Kier alpha value is -3.92. The van der Waals surface area contributed by atoms with Gasteiger partial charge in [-0.15, -0.1) is 0 Å². The van der Waals surface area contributed by atoms with Crippen molar-refractivity contribution < 1.29 is 9.53 Å². The van der Waals surface area contributed by atoms with E-state index in [-0.39, 0.29) is 23.3 Å². The molecule has 0 bridgehead atoms. The molecule has 2 aliphatic rings. The van der Waals surface area contributed by atoms with E-state index in [2.05, 4.69) is 32.3 Å². The molecule has 1 aromatic carbocycles. The average molecular weight is 486 g/mol. The van der Waals surface area contributed by atoms with Crippen molar-refractivity contribution in [2.75, 3.05) is 13.2 Å². The normalized spacial score (nSPS) is 18.4. The lowest BCUT2D eigenvalue weighted by Crippen LogP contribution is -2.36. The number of rotatable bonds is 7. The van der Waals surface area contributed by atoms with Gasteiger partial charge in [-0.05, 0) is 36.8 Å². The molecular formula is C26H27N7O3. The van der Waals surface area contributed by atoms with E-state index in [1.165, 1.54) is 0 Å². The van der Waals surface area contributed by atoms with Gasteiger partial charge < -0.3 is 10.1 Å². The quantitative estimate of drug-likeness (QED) is 0.428. The lowest BCUT2D eigenvalue weighted by atomic mass is 10.0. The van der Waals surface area contributed by atoms with E-state index < -0.39 is 5.54 Å². The maximum atomic E-state index is 13.1. The van der Waals surface area contributed by atoms with Crippen molar-refractivity contribution in [1.29, 1.82) is 0 Å². The van der Waals surface area contributed by atoms with E-state index in [4.69, 9.17) is 4.74 Å². The number of ether oxygens (including phenoxy) is 1. The highest BCUT2D eigenvalue weighted by Crippen LogP contribution is 2.46. The predicted molar refractivity (Wildman–Crippen MR) is 132 cm³/mol. The number of hydrogen-bond acceptors (Lipinski definition) is 7. The van der Waals surface area contributed by atoms with Gasteiger partial charge in [0.05, 0.1) is 41.7 Å². The topological polar surface area (TPSA) is 117 Å². The number of fused-ring (bicyclic) bond motifs is 1. The smallest absolute Gasteiger partial charge is 0.289 e. The molecule has 1 saturated heterocycles. The van der Waals surface area contributed by atoms with E-state index in [0.717, 1.165) is 48.7 Å². The first-order valence-corrected chi connectivity index (χ1v) is 12.3. The third-order valence-corrected chi connectivity index (χ3v) is 7.03. The van der Waals surface area contributed by atoms with Crippen molar-refractivity contribution >= 4 is 16.9 Å². The Bertz CT molecular complexity index is 1480. The third-order valence-electron chi connectivity index (χ3n) is 7.03. The van der Waals surface area contributed by atoms with Crippen LogP contribution in [-0.2, 0) is 16.8 Å². The number of aromatic nitrogens is 6. The molecule has 1 N–H and O–H groups in total. The fourth-order valence-electron chi connectivity index (χ4n) is 4.83. The number of nitrogens with one attached hydrogen (secondary N) is 1. The van der Waals surface area contributed by atoms with Gasteiger partial charge in [-0.25, -0.2) is 19.6 Å². The molecule has 4 heterocycles. The molecule has 2 fully saturated rings. The summed E-state index contributed by atoms with van der Waals surface area (Å²) >= 11 is 0. The Morgan fingerprint density at radius 2 is 2.03 bits per heavy atom. The van der Waals surface area contributed by atoms with Crippen molar-refractivity contribution in [3.63, 3.8) is 0 Å². The second-order valence-corrected chi connectivity index (χ2v) is 9.49. The number of nitrogens with zero attached hydrogens (tertiary/aromatic N) is 6. The first-order valence-electron chi connectivity index (χ1n) is 12.3. The molecular weight excluding hydrogens is 458 g/mol. The summed E-state index contributed by atoms with van der Waals surface area (Å²) in [6, 6.07) is 7.80. The highest BCUT2D eigenvalue weighted by atomic mass is 16.5. The lowest BCUT2D eigenvalue weighted by Gasteiger charge is -2.18. The van der Waals surface area contributed by atoms with Gasteiger partial charge in [0.25, 0.3) is 11.5 Å². The lowest BCUT2D eigenvalue weighted by molar-refractivity contribution is 0.0920. The van der Waals surface area contributed by atoms with E-state index in [0.29, 0.717) is 24.4 Å². The molecule has 1 amide bonds. The van der Waals surface area contributed by atoms with Crippen LogP contribution in [0.3, 0.4) is 0 Å². The average Bonchev–Trinajstić information content (AvgIpc) is 3.28. The predicted octanol–water partition coefficient (Wildman–Crippen LogP) is 2.84. The number of benzene rings is 1. The molecule has 6 rings (SSSR count). The molecule has 36 heavy (non-hydrogen) atoms. The number of amides is 1. The van der Waals surface area contributed by atoms with Gasteiger partial charge >= 0.3 is 0 Å². The summed E-state index contributed by atoms with van der Waals surface area (Å²) in [4.78, 5) is 39.2. The fraction of sp³-hybridized carbons (Fsp3) is 0.385. The van der Waals surface area contributed by atoms with Crippen LogP contribution in [-0.4, -0.2) is 48.4 Å². The molecule has 1 saturated carbocycles. The van der Waals surface area contributed by atoms with Crippen molar-refractivity contribution in [3.05, 3.63) is 70.9 Å². The van der Waals surface area contributed by atoms with Gasteiger partial charge in [-0.1, -0.05) is 31.2 Å². The van der Waals surface area contributed by atoms with Crippen molar-refractivity contribution in [3.8, 4) is 11.1 Å². The Balaban J connectivity index is 1.22. The van der Waals surface area contributed by atoms with Gasteiger partial charge in [-0.3, -0.25) is 14.2 Å². The zero-order valence-corrected chi connectivity index (χ0v) is 20.1. The first kappa shape index (κ1) is 22.5. The maximum absolute atomic E-state index is 13.1. The van der Waals surface area contributed by atoms with E-state index >= 15 is 0 Å². The van der Waals surface area contributed by atoms with Gasteiger partial charge in [-0.2, -0.15) is 5.10 Å². The van der Waals surface area contributed by atoms with Crippen LogP contribution in [0.15, 0.2) is 54.0 Å². The van der Waals surface area contributed by atoms with Crippen molar-refractivity contribution in [2.45, 2.75) is 50.7 Å². The second kappa shape index (κ2) is 8.94. The molecule has 184 valence electrons. The highest BCUT2D eigenvalue weighted by molar-refractivity contribution is 5.93. The van der Waals surface area contributed by atoms with Gasteiger partial charge in [0.15, 0.2) is 5.65 Å². The summed E-state index contributed by atoms with van der Waals surface area (Å²) in [7, 11) is 0. The van der Waals surface area contributed by atoms with E-state index in [1.807, 2.05) is 24.3 Å². The van der Waals surface area contributed by atoms with Crippen molar-refractivity contribution in [1.82, 2.24) is 34.6 Å². The van der Waals surface area contributed by atoms with E-state index in [1.54, 1.807) is 34.2 Å². The van der Waals surface area contributed by atoms with Crippen LogP contribution >= 0.6 is 0 Å². The standard InChI is InChI=1S/C26H27N7O3/c1-2-10-33-23-18(13-29-33)12-28-22(30-23)24(34)31-26(8-9-26)19-5-3-17(4-6-19)21-14-27-16-32(25(21)35)20-7-11-36-15-20/h3-6,12-14,16,20H,2,7-11,15H2,1H3,(H,31,34). The number of carbonyl (C=O) groups is 1. The molecule has 1 aliphatic heterocycles. The minimum absolute atomic E-state index is 0.0243. The van der Waals surface area contributed by atoms with Crippen LogP contribution in [0.4, 0.5) is 0 Å². The van der Waals surface area contributed by atoms with Crippen LogP contribution in [0.5, 0.6) is 0 Å². The van der Waals surface area contributed by atoms with Crippen LogP contribution < -0.4 is 10.9 Å². The Morgan fingerprint density at radius 1 is 1.19 bits per heavy atom. The summed E-state index contributed by atoms with van der Waals surface area (Å²) < 4.78 is 8.90. The fourth-order valence-corrected chi connectivity index (χ4v) is 4.83. The summed E-state index contributed by atoms with van der Waals surface area (Å²) in [5.74, 6) is -0.174. The van der Waals surface area contributed by atoms with Gasteiger partial charge in [0.1, 0.15) is 0 Å². The maximum Gasteiger partial charge on any atom is 0.289 e. The molecule has 3 aromatic heterocycles. The molecule has 10 nitrogen and oxygen atoms in total. The Kier molecular flexibility index (Phi) is 5.60. The monoisotopic (exact) mass is 485 g/mol. The molecule has 0 radical (unpaired) electrons. The van der Waals surface area contributed by atoms with Crippen molar-refractivity contribution in [2.24, 2.45) is 0 Å². The minimum atomic E-state index is -0.450. The molecule has 0 spiro atoms. The highest BCUT2D eigenvalue weighted by Gasteiger charge is 2.46. The largest absolute Gasteiger partial charge is 0.379 e. The molecule has 4 aromatic rings. The number of carbonyl (C=O) groups excluding carboxylic acids is 1. The zero-order valence-electron chi connectivity index (χ0n) is 20.1. The van der Waals surface area contributed by atoms with Crippen LogP contribution in [0.2, 0.25) is 0 Å². The molecule has 10 heteroatoms. The Morgan fingerprint density at radius 3 is 2.75 bits per heavy atom. The zero-order chi connectivity index (χ0) is 24.7.